The highest BCUT2D eigenvalue weighted by molar-refractivity contribution is 7.13. The van der Waals surface area contributed by atoms with Gasteiger partial charge >= 0.3 is 0 Å². The second-order valence-corrected chi connectivity index (χ2v) is 10.2. The highest BCUT2D eigenvalue weighted by Gasteiger charge is 2.56. The number of benzene rings is 2. The summed E-state index contributed by atoms with van der Waals surface area (Å²) in [6.07, 6.45) is 2.95. The molecule has 0 bridgehead atoms. The van der Waals surface area contributed by atoms with Gasteiger partial charge in [-0.05, 0) is 39.3 Å². The number of carbonyl (C=O) groups is 3. The molecule has 1 aliphatic heterocycles. The molecule has 1 atom stereocenters. The van der Waals surface area contributed by atoms with Crippen molar-refractivity contribution in [3.05, 3.63) is 81.2 Å². The molecule has 2 aliphatic rings. The second kappa shape index (κ2) is 8.70. The van der Waals surface area contributed by atoms with Crippen molar-refractivity contribution in [2.24, 2.45) is 0 Å². The highest BCUT2D eigenvalue weighted by atomic mass is 32.1. The standard InChI is InChI=1S/C28H24N2O6S/c1-13-23(33)21(15(3)31)25-22(24(13)34)28(4)19(36-25)11-18(32)20(26(28)35)14(2)30-12-16-6-5-7-17(10-16)27-29-8-9-37-27/h5-11,30,33-34H,12H2,1-4H3/t28-/m0/s1. The van der Waals surface area contributed by atoms with Gasteiger partial charge in [-0.3, -0.25) is 14.4 Å². The average molecular weight is 517 g/mol. The van der Waals surface area contributed by atoms with Crippen LogP contribution in [0, 0.1) is 6.92 Å². The number of aromatic nitrogens is 1. The number of aromatic hydroxyl groups is 2. The zero-order chi connectivity index (χ0) is 26.6. The van der Waals surface area contributed by atoms with Gasteiger partial charge in [-0.1, -0.05) is 18.2 Å². The van der Waals surface area contributed by atoms with Crippen LogP contribution in [0.25, 0.3) is 10.6 Å². The molecule has 2 aromatic carbocycles. The predicted molar refractivity (Wildman–Crippen MR) is 138 cm³/mol. The van der Waals surface area contributed by atoms with Gasteiger partial charge in [-0.25, -0.2) is 4.98 Å². The molecule has 1 aromatic heterocycles. The molecule has 0 fully saturated rings. The van der Waals surface area contributed by atoms with Crippen LogP contribution in [0.1, 0.15) is 47.8 Å². The van der Waals surface area contributed by atoms with Crippen molar-refractivity contribution in [3.63, 3.8) is 0 Å². The molecule has 1 aliphatic carbocycles. The minimum absolute atomic E-state index is 0.00741. The van der Waals surface area contributed by atoms with E-state index in [0.29, 0.717) is 12.2 Å². The summed E-state index contributed by atoms with van der Waals surface area (Å²) in [6, 6.07) is 7.81. The number of hydrogen-bond acceptors (Lipinski definition) is 9. The number of carbonyl (C=O) groups excluding carboxylic acids is 3. The van der Waals surface area contributed by atoms with Crippen LogP contribution < -0.4 is 10.1 Å². The molecule has 8 nitrogen and oxygen atoms in total. The maximum absolute atomic E-state index is 13.9. The zero-order valence-corrected chi connectivity index (χ0v) is 21.4. The molecule has 2 heterocycles. The van der Waals surface area contributed by atoms with Crippen molar-refractivity contribution in [1.29, 1.82) is 0 Å². The minimum Gasteiger partial charge on any atom is -0.507 e. The number of phenolic OH excluding ortho intramolecular Hbond substituents is 2. The lowest BCUT2D eigenvalue weighted by Crippen LogP contribution is -2.41. The molecule has 3 N–H and O–H groups in total. The Morgan fingerprint density at radius 3 is 2.62 bits per heavy atom. The Labute approximate surface area is 216 Å². The predicted octanol–water partition coefficient (Wildman–Crippen LogP) is 4.48. The summed E-state index contributed by atoms with van der Waals surface area (Å²) in [4.78, 5) is 43.6. The van der Waals surface area contributed by atoms with E-state index in [-0.39, 0.29) is 39.5 Å². The molecule has 3 aromatic rings. The first-order chi connectivity index (χ1) is 17.6. The maximum atomic E-state index is 13.9. The Morgan fingerprint density at radius 1 is 1.19 bits per heavy atom. The van der Waals surface area contributed by atoms with Crippen LogP contribution in [-0.2, 0) is 21.5 Å². The van der Waals surface area contributed by atoms with E-state index in [0.717, 1.165) is 16.1 Å². The van der Waals surface area contributed by atoms with Crippen molar-refractivity contribution in [1.82, 2.24) is 10.3 Å². The zero-order valence-electron chi connectivity index (χ0n) is 20.6. The van der Waals surface area contributed by atoms with E-state index in [4.69, 9.17) is 4.74 Å². The Kier molecular flexibility index (Phi) is 5.75. The minimum atomic E-state index is -1.54. The lowest BCUT2D eigenvalue weighted by atomic mass is 9.70. The lowest BCUT2D eigenvalue weighted by molar-refractivity contribution is -0.123. The number of nitrogens with one attached hydrogen (secondary N) is 1. The van der Waals surface area contributed by atoms with Gasteiger partial charge in [0.2, 0.25) is 0 Å². The summed E-state index contributed by atoms with van der Waals surface area (Å²) >= 11 is 1.54. The average Bonchev–Trinajstić information content (AvgIpc) is 3.49. The molecule has 5 rings (SSSR count). The van der Waals surface area contributed by atoms with Crippen LogP contribution in [0.4, 0.5) is 0 Å². The molecule has 0 saturated carbocycles. The van der Waals surface area contributed by atoms with E-state index < -0.39 is 28.5 Å². The van der Waals surface area contributed by atoms with Crippen molar-refractivity contribution in [3.8, 4) is 27.8 Å². The van der Waals surface area contributed by atoms with E-state index in [2.05, 4.69) is 10.3 Å². The SMILES string of the molecule is CC(=O)c1c(O)c(C)c(O)c2c1OC1=CC(=O)C(=C(C)NCc3cccc(-c4nccs4)c3)C(=O)[C@@]12C. The third-order valence-electron chi connectivity index (χ3n) is 6.92. The maximum Gasteiger partial charge on any atom is 0.194 e. The van der Waals surface area contributed by atoms with Gasteiger partial charge in [0, 0.05) is 41.0 Å². The van der Waals surface area contributed by atoms with Crippen LogP contribution in [0.2, 0.25) is 0 Å². The molecule has 9 heteroatoms. The van der Waals surface area contributed by atoms with Gasteiger partial charge in [0.15, 0.2) is 17.3 Å². The van der Waals surface area contributed by atoms with Crippen molar-refractivity contribution in [2.75, 3.05) is 0 Å². The molecule has 0 saturated heterocycles. The first-order valence-corrected chi connectivity index (χ1v) is 12.5. The fraction of sp³-hybridized carbons (Fsp3) is 0.214. The van der Waals surface area contributed by atoms with Crippen LogP contribution in [0.15, 0.2) is 58.9 Å². The number of thiazole rings is 1. The lowest BCUT2D eigenvalue weighted by Gasteiger charge is -2.29. The molecular formula is C28H24N2O6S. The Bertz CT molecular complexity index is 1570. The number of fused-ring (bicyclic) bond motifs is 3. The number of Topliss-reactive ketones (excluding diaryl/α,β-unsaturated/α-hetero) is 2. The third-order valence-corrected chi connectivity index (χ3v) is 7.75. The first-order valence-electron chi connectivity index (χ1n) is 11.6. The topological polar surface area (TPSA) is 126 Å². The molecular weight excluding hydrogens is 492 g/mol. The van der Waals surface area contributed by atoms with Crippen LogP contribution in [-0.4, -0.2) is 32.5 Å². The molecule has 188 valence electrons. The fourth-order valence-electron chi connectivity index (χ4n) is 4.87. The van der Waals surface area contributed by atoms with Crippen molar-refractivity contribution in [2.45, 2.75) is 39.7 Å². The summed E-state index contributed by atoms with van der Waals surface area (Å²) in [7, 11) is 0. The molecule has 0 amide bonds. The molecule has 0 unspecified atom stereocenters. The summed E-state index contributed by atoms with van der Waals surface area (Å²) in [5.74, 6) is -2.47. The highest BCUT2D eigenvalue weighted by Crippen LogP contribution is 2.57. The number of allylic oxidation sites excluding steroid dienone is 4. The van der Waals surface area contributed by atoms with Gasteiger partial charge in [-0.2, -0.15) is 0 Å². The van der Waals surface area contributed by atoms with Gasteiger partial charge in [0.1, 0.15) is 39.0 Å². The van der Waals surface area contributed by atoms with Crippen molar-refractivity contribution < 1.29 is 29.3 Å². The second-order valence-electron chi connectivity index (χ2n) is 9.28. The number of ketones is 3. The van der Waals surface area contributed by atoms with Gasteiger partial charge in [0.25, 0.3) is 0 Å². The van der Waals surface area contributed by atoms with Crippen LogP contribution in [0.5, 0.6) is 17.2 Å². The Hall–Kier alpha value is -4.24. The molecule has 37 heavy (non-hydrogen) atoms. The van der Waals surface area contributed by atoms with Crippen LogP contribution in [0.3, 0.4) is 0 Å². The first kappa shape index (κ1) is 24.5. The summed E-state index contributed by atoms with van der Waals surface area (Å²) < 4.78 is 5.80. The van der Waals surface area contributed by atoms with Crippen molar-refractivity contribution >= 4 is 28.7 Å². The smallest absolute Gasteiger partial charge is 0.194 e. The fourth-order valence-corrected chi connectivity index (χ4v) is 5.50. The molecule has 0 spiro atoms. The van der Waals surface area contributed by atoms with Crippen LogP contribution >= 0.6 is 11.3 Å². The van der Waals surface area contributed by atoms with Gasteiger partial charge in [-0.15, -0.1) is 11.3 Å². The van der Waals surface area contributed by atoms with E-state index in [9.17, 15) is 24.6 Å². The Morgan fingerprint density at radius 2 is 1.95 bits per heavy atom. The summed E-state index contributed by atoms with van der Waals surface area (Å²) in [5.41, 5.74) is 0.671. The quantitative estimate of drug-likeness (QED) is 0.257. The number of ether oxygens (including phenoxy) is 1. The summed E-state index contributed by atoms with van der Waals surface area (Å²) in [6.45, 7) is 6.26. The Balaban J connectivity index is 1.53. The number of hydrogen-bond donors (Lipinski definition) is 3. The summed E-state index contributed by atoms with van der Waals surface area (Å²) in [5, 5.41) is 27.4. The third kappa shape index (κ3) is 3.65. The van der Waals surface area contributed by atoms with Gasteiger partial charge in [0.05, 0.1) is 11.1 Å². The number of phenols is 2. The van der Waals surface area contributed by atoms with E-state index in [1.807, 2.05) is 29.6 Å². The number of rotatable bonds is 5. The number of nitrogens with zero attached hydrogens (tertiary/aromatic N) is 1. The van der Waals surface area contributed by atoms with E-state index >= 15 is 0 Å². The largest absolute Gasteiger partial charge is 0.507 e. The van der Waals surface area contributed by atoms with Gasteiger partial charge < -0.3 is 20.3 Å². The van der Waals surface area contributed by atoms with E-state index in [1.54, 1.807) is 20.0 Å². The molecule has 0 radical (unpaired) electrons. The monoisotopic (exact) mass is 516 g/mol. The van der Waals surface area contributed by atoms with E-state index in [1.165, 1.54) is 31.3 Å². The normalized spacial score (nSPS) is 19.6.